The van der Waals surface area contributed by atoms with Crippen molar-refractivity contribution in [1.82, 2.24) is 9.78 Å². The Balaban J connectivity index is 2.16. The van der Waals surface area contributed by atoms with E-state index in [9.17, 15) is 0 Å². The van der Waals surface area contributed by atoms with Crippen LogP contribution in [0.15, 0.2) is 54.6 Å². The van der Waals surface area contributed by atoms with Gasteiger partial charge in [-0.05, 0) is 29.8 Å². The molecule has 0 bridgehead atoms. The number of rotatable bonds is 3. The number of nitrogens with zero attached hydrogens (tertiary/aromatic N) is 2. The van der Waals surface area contributed by atoms with Crippen LogP contribution in [-0.4, -0.2) is 16.9 Å². The van der Waals surface area contributed by atoms with Crippen molar-refractivity contribution < 1.29 is 4.74 Å². The van der Waals surface area contributed by atoms with Gasteiger partial charge in [-0.3, -0.25) is 4.68 Å². The summed E-state index contributed by atoms with van der Waals surface area (Å²) in [6, 6.07) is 17.9. The first-order valence-electron chi connectivity index (χ1n) is 6.73. The lowest BCUT2D eigenvalue weighted by atomic mass is 10.0. The van der Waals surface area contributed by atoms with Gasteiger partial charge in [0.2, 0.25) is 0 Å². The van der Waals surface area contributed by atoms with Crippen molar-refractivity contribution >= 4 is 5.82 Å². The highest BCUT2D eigenvalue weighted by molar-refractivity contribution is 5.88. The van der Waals surface area contributed by atoms with Gasteiger partial charge in [0.05, 0.1) is 12.7 Å². The molecule has 0 atom stereocenters. The normalized spacial score (nSPS) is 10.6. The monoisotopic (exact) mass is 279 g/mol. The van der Waals surface area contributed by atoms with Crippen LogP contribution in [0.25, 0.3) is 22.4 Å². The highest BCUT2D eigenvalue weighted by atomic mass is 16.5. The zero-order chi connectivity index (χ0) is 14.8. The molecule has 0 aliphatic heterocycles. The summed E-state index contributed by atoms with van der Waals surface area (Å²) in [5, 5.41) is 4.56. The van der Waals surface area contributed by atoms with Crippen molar-refractivity contribution in [2.75, 3.05) is 12.8 Å². The Bertz CT molecular complexity index is 746. The fourth-order valence-corrected chi connectivity index (χ4v) is 2.38. The molecule has 0 spiro atoms. The van der Waals surface area contributed by atoms with Gasteiger partial charge in [0.15, 0.2) is 0 Å². The van der Waals surface area contributed by atoms with Crippen molar-refractivity contribution in [2.24, 2.45) is 7.05 Å². The lowest BCUT2D eigenvalue weighted by Gasteiger charge is -2.05. The van der Waals surface area contributed by atoms with E-state index in [4.69, 9.17) is 10.5 Å². The molecule has 4 heteroatoms. The fraction of sp³-hybridized carbons (Fsp3) is 0.118. The Morgan fingerprint density at radius 3 is 2.24 bits per heavy atom. The van der Waals surface area contributed by atoms with Gasteiger partial charge in [-0.25, -0.2) is 0 Å². The van der Waals surface area contributed by atoms with E-state index in [1.807, 2.05) is 61.6 Å². The molecule has 0 unspecified atom stereocenters. The van der Waals surface area contributed by atoms with Gasteiger partial charge in [0.1, 0.15) is 17.3 Å². The predicted molar refractivity (Wildman–Crippen MR) is 85.0 cm³/mol. The van der Waals surface area contributed by atoms with Gasteiger partial charge < -0.3 is 10.5 Å². The highest BCUT2D eigenvalue weighted by Crippen LogP contribution is 2.36. The molecule has 0 amide bonds. The average molecular weight is 279 g/mol. The van der Waals surface area contributed by atoms with Gasteiger partial charge in [-0.1, -0.05) is 30.3 Å². The molecule has 2 N–H and O–H groups in total. The second-order valence-electron chi connectivity index (χ2n) is 4.83. The quantitative estimate of drug-likeness (QED) is 0.800. The highest BCUT2D eigenvalue weighted by Gasteiger charge is 2.17. The molecule has 1 aromatic heterocycles. The van der Waals surface area contributed by atoms with Gasteiger partial charge in [-0.2, -0.15) is 5.10 Å². The van der Waals surface area contributed by atoms with Crippen LogP contribution < -0.4 is 10.5 Å². The summed E-state index contributed by atoms with van der Waals surface area (Å²) < 4.78 is 6.91. The molecule has 4 nitrogen and oxygen atoms in total. The Hall–Kier alpha value is -2.75. The number of hydrogen-bond acceptors (Lipinski definition) is 3. The van der Waals surface area contributed by atoms with E-state index in [0.717, 1.165) is 28.1 Å². The lowest BCUT2D eigenvalue weighted by Crippen LogP contribution is -1.97. The van der Waals surface area contributed by atoms with Crippen molar-refractivity contribution in [3.05, 3.63) is 54.6 Å². The minimum atomic E-state index is 0.659. The Morgan fingerprint density at radius 1 is 0.952 bits per heavy atom. The van der Waals surface area contributed by atoms with E-state index in [-0.39, 0.29) is 0 Å². The Kier molecular flexibility index (Phi) is 3.36. The first-order valence-corrected chi connectivity index (χ1v) is 6.73. The largest absolute Gasteiger partial charge is 0.497 e. The molecule has 0 fully saturated rings. The van der Waals surface area contributed by atoms with Crippen LogP contribution in [0.4, 0.5) is 5.82 Å². The van der Waals surface area contributed by atoms with Gasteiger partial charge >= 0.3 is 0 Å². The molecule has 0 saturated heterocycles. The van der Waals surface area contributed by atoms with Crippen LogP contribution >= 0.6 is 0 Å². The predicted octanol–water partition coefficient (Wildman–Crippen LogP) is 3.34. The van der Waals surface area contributed by atoms with E-state index >= 15 is 0 Å². The number of aromatic nitrogens is 2. The number of ether oxygens (including phenoxy) is 1. The second kappa shape index (κ2) is 5.32. The fourth-order valence-electron chi connectivity index (χ4n) is 2.38. The minimum Gasteiger partial charge on any atom is -0.497 e. The van der Waals surface area contributed by atoms with E-state index in [2.05, 4.69) is 5.10 Å². The summed E-state index contributed by atoms with van der Waals surface area (Å²) in [6.45, 7) is 0. The molecule has 21 heavy (non-hydrogen) atoms. The van der Waals surface area contributed by atoms with Crippen molar-refractivity contribution in [3.8, 4) is 28.1 Å². The van der Waals surface area contributed by atoms with Gasteiger partial charge in [0, 0.05) is 12.6 Å². The summed E-state index contributed by atoms with van der Waals surface area (Å²) in [4.78, 5) is 0. The Labute approximate surface area is 123 Å². The molecule has 0 saturated carbocycles. The van der Waals surface area contributed by atoms with Crippen LogP contribution in [0.2, 0.25) is 0 Å². The second-order valence-corrected chi connectivity index (χ2v) is 4.83. The van der Waals surface area contributed by atoms with E-state index in [0.29, 0.717) is 5.82 Å². The molecular formula is C17H17N3O. The molecule has 106 valence electrons. The molecule has 0 radical (unpaired) electrons. The lowest BCUT2D eigenvalue weighted by molar-refractivity contribution is 0.415. The molecule has 2 aromatic carbocycles. The number of nitrogens with two attached hydrogens (primary N) is 1. The SMILES string of the molecule is COc1ccc(-c2nn(C)c(N)c2-c2ccccc2)cc1. The summed E-state index contributed by atoms with van der Waals surface area (Å²) >= 11 is 0. The van der Waals surface area contributed by atoms with E-state index in [1.165, 1.54) is 0 Å². The van der Waals surface area contributed by atoms with Crippen molar-refractivity contribution in [2.45, 2.75) is 0 Å². The summed E-state index contributed by atoms with van der Waals surface area (Å²) in [5.41, 5.74) is 10.1. The average Bonchev–Trinajstić information content (AvgIpc) is 2.84. The van der Waals surface area contributed by atoms with Crippen LogP contribution in [0.3, 0.4) is 0 Å². The third-order valence-electron chi connectivity index (χ3n) is 3.52. The van der Waals surface area contributed by atoms with Crippen molar-refractivity contribution in [3.63, 3.8) is 0 Å². The summed E-state index contributed by atoms with van der Waals surface area (Å²) in [7, 11) is 3.51. The minimum absolute atomic E-state index is 0.659. The van der Waals surface area contributed by atoms with Crippen LogP contribution in [0.1, 0.15) is 0 Å². The summed E-state index contributed by atoms with van der Waals surface area (Å²) in [6.07, 6.45) is 0. The van der Waals surface area contributed by atoms with Gasteiger partial charge in [0.25, 0.3) is 0 Å². The van der Waals surface area contributed by atoms with Crippen LogP contribution in [-0.2, 0) is 7.05 Å². The maximum absolute atomic E-state index is 6.20. The first-order chi connectivity index (χ1) is 10.2. The number of hydrogen-bond donors (Lipinski definition) is 1. The first kappa shape index (κ1) is 13.2. The maximum atomic E-state index is 6.20. The standard InChI is InChI=1S/C17H17N3O/c1-20-17(18)15(12-6-4-3-5-7-12)16(19-20)13-8-10-14(21-2)11-9-13/h3-11H,18H2,1-2H3. The van der Waals surface area contributed by atoms with E-state index in [1.54, 1.807) is 11.8 Å². The number of nitrogen functional groups attached to an aromatic ring is 1. The van der Waals surface area contributed by atoms with Gasteiger partial charge in [-0.15, -0.1) is 0 Å². The smallest absolute Gasteiger partial charge is 0.129 e. The third-order valence-corrected chi connectivity index (χ3v) is 3.52. The maximum Gasteiger partial charge on any atom is 0.129 e. The molecule has 3 rings (SSSR count). The zero-order valence-electron chi connectivity index (χ0n) is 12.1. The summed E-state index contributed by atoms with van der Waals surface area (Å²) in [5.74, 6) is 1.48. The van der Waals surface area contributed by atoms with Crippen LogP contribution in [0.5, 0.6) is 5.75 Å². The number of anilines is 1. The molecule has 1 heterocycles. The van der Waals surface area contributed by atoms with Crippen LogP contribution in [0, 0.1) is 0 Å². The molecule has 0 aliphatic carbocycles. The topological polar surface area (TPSA) is 53.1 Å². The van der Waals surface area contributed by atoms with Crippen molar-refractivity contribution in [1.29, 1.82) is 0 Å². The zero-order valence-corrected chi connectivity index (χ0v) is 12.1. The number of methoxy groups -OCH3 is 1. The number of aryl methyl sites for hydroxylation is 1. The molecule has 3 aromatic rings. The Morgan fingerprint density at radius 2 is 1.62 bits per heavy atom. The molecular weight excluding hydrogens is 262 g/mol. The number of benzene rings is 2. The third kappa shape index (κ3) is 2.36. The van der Waals surface area contributed by atoms with E-state index < -0.39 is 0 Å². The molecule has 0 aliphatic rings.